The van der Waals surface area contributed by atoms with E-state index >= 15 is 0 Å². The third-order valence-corrected chi connectivity index (χ3v) is 2.47. The highest BCUT2D eigenvalue weighted by Gasteiger charge is 2.03. The first-order chi connectivity index (χ1) is 7.06. The lowest BCUT2D eigenvalue weighted by Crippen LogP contribution is -2.22. The Morgan fingerprint density at radius 1 is 1.27 bits per heavy atom. The first kappa shape index (κ1) is 14.4. The van der Waals surface area contributed by atoms with Crippen LogP contribution in [0.2, 0.25) is 0 Å². The molecule has 0 fully saturated rings. The van der Waals surface area contributed by atoms with Gasteiger partial charge in [-0.15, -0.1) is 0 Å². The molecule has 0 aliphatic rings. The van der Waals surface area contributed by atoms with Gasteiger partial charge in [-0.05, 0) is 45.3 Å². The molecule has 0 spiro atoms. The Kier molecular flexibility index (Phi) is 8.38. The van der Waals surface area contributed by atoms with E-state index < -0.39 is 0 Å². The molecule has 3 heteroatoms. The SMILES string of the molecule is COC(=O)CCCN(C)CCCC(C)C. The summed E-state index contributed by atoms with van der Waals surface area (Å²) in [5.74, 6) is 0.680. The van der Waals surface area contributed by atoms with Gasteiger partial charge >= 0.3 is 5.97 Å². The highest BCUT2D eigenvalue weighted by Crippen LogP contribution is 2.04. The maximum atomic E-state index is 10.9. The van der Waals surface area contributed by atoms with Gasteiger partial charge in [0.15, 0.2) is 0 Å². The Hall–Kier alpha value is -0.570. The summed E-state index contributed by atoms with van der Waals surface area (Å²) in [5, 5.41) is 0. The summed E-state index contributed by atoms with van der Waals surface area (Å²) in [4.78, 5) is 13.1. The van der Waals surface area contributed by atoms with Gasteiger partial charge in [-0.25, -0.2) is 0 Å². The van der Waals surface area contributed by atoms with Crippen molar-refractivity contribution >= 4 is 5.97 Å². The fourth-order valence-electron chi connectivity index (χ4n) is 1.48. The summed E-state index contributed by atoms with van der Waals surface area (Å²) < 4.78 is 4.59. The van der Waals surface area contributed by atoms with Crippen LogP contribution < -0.4 is 0 Å². The quantitative estimate of drug-likeness (QED) is 0.582. The Morgan fingerprint density at radius 2 is 1.87 bits per heavy atom. The third kappa shape index (κ3) is 9.73. The molecule has 0 amide bonds. The van der Waals surface area contributed by atoms with Crippen molar-refractivity contribution in [2.24, 2.45) is 5.92 Å². The number of nitrogens with zero attached hydrogens (tertiary/aromatic N) is 1. The van der Waals surface area contributed by atoms with Crippen LogP contribution in [0.4, 0.5) is 0 Å². The zero-order chi connectivity index (χ0) is 11.7. The average Bonchev–Trinajstić information content (AvgIpc) is 2.17. The molecule has 0 saturated carbocycles. The van der Waals surface area contributed by atoms with E-state index in [-0.39, 0.29) is 5.97 Å². The minimum Gasteiger partial charge on any atom is -0.469 e. The number of rotatable bonds is 8. The summed E-state index contributed by atoms with van der Waals surface area (Å²) >= 11 is 0. The van der Waals surface area contributed by atoms with E-state index in [0.29, 0.717) is 6.42 Å². The predicted molar refractivity (Wildman–Crippen MR) is 62.8 cm³/mol. The van der Waals surface area contributed by atoms with Gasteiger partial charge in [0.1, 0.15) is 0 Å². The maximum Gasteiger partial charge on any atom is 0.305 e. The number of ether oxygens (including phenoxy) is 1. The van der Waals surface area contributed by atoms with Crippen LogP contribution in [0, 0.1) is 5.92 Å². The van der Waals surface area contributed by atoms with Crippen LogP contribution >= 0.6 is 0 Å². The normalized spacial score (nSPS) is 11.1. The first-order valence-corrected chi connectivity index (χ1v) is 5.81. The molecule has 0 rings (SSSR count). The summed E-state index contributed by atoms with van der Waals surface area (Å²) in [5.41, 5.74) is 0. The zero-order valence-corrected chi connectivity index (χ0v) is 10.6. The molecule has 0 atom stereocenters. The Balaban J connectivity index is 3.33. The molecule has 0 saturated heterocycles. The smallest absolute Gasteiger partial charge is 0.305 e. The van der Waals surface area contributed by atoms with Crippen LogP contribution in [0.15, 0.2) is 0 Å². The number of carbonyl (C=O) groups is 1. The monoisotopic (exact) mass is 215 g/mol. The van der Waals surface area contributed by atoms with E-state index in [1.807, 2.05) is 0 Å². The number of methoxy groups -OCH3 is 1. The van der Waals surface area contributed by atoms with E-state index in [0.717, 1.165) is 25.4 Å². The number of hydrogen-bond donors (Lipinski definition) is 0. The van der Waals surface area contributed by atoms with E-state index in [4.69, 9.17) is 0 Å². The molecule has 0 bridgehead atoms. The van der Waals surface area contributed by atoms with Crippen molar-refractivity contribution in [1.29, 1.82) is 0 Å². The largest absolute Gasteiger partial charge is 0.469 e. The van der Waals surface area contributed by atoms with Crippen LogP contribution in [-0.4, -0.2) is 38.1 Å². The van der Waals surface area contributed by atoms with Crippen LogP contribution in [-0.2, 0) is 9.53 Å². The molecule has 90 valence electrons. The third-order valence-electron chi connectivity index (χ3n) is 2.47. The van der Waals surface area contributed by atoms with Crippen molar-refractivity contribution < 1.29 is 9.53 Å². The second-order valence-corrected chi connectivity index (χ2v) is 4.52. The molecular weight excluding hydrogens is 190 g/mol. The van der Waals surface area contributed by atoms with E-state index in [1.165, 1.54) is 20.0 Å². The van der Waals surface area contributed by atoms with Gasteiger partial charge in [0.05, 0.1) is 7.11 Å². The fourth-order valence-corrected chi connectivity index (χ4v) is 1.48. The molecule has 0 aromatic carbocycles. The number of carbonyl (C=O) groups excluding carboxylic acids is 1. The van der Waals surface area contributed by atoms with Crippen molar-refractivity contribution in [2.75, 3.05) is 27.2 Å². The zero-order valence-electron chi connectivity index (χ0n) is 10.6. The van der Waals surface area contributed by atoms with Crippen molar-refractivity contribution in [3.05, 3.63) is 0 Å². The van der Waals surface area contributed by atoms with Crippen molar-refractivity contribution in [3.63, 3.8) is 0 Å². The van der Waals surface area contributed by atoms with Gasteiger partial charge in [0.2, 0.25) is 0 Å². The van der Waals surface area contributed by atoms with Crippen LogP contribution in [0.1, 0.15) is 39.5 Å². The van der Waals surface area contributed by atoms with Gasteiger partial charge < -0.3 is 9.64 Å². The maximum absolute atomic E-state index is 10.9. The second-order valence-electron chi connectivity index (χ2n) is 4.52. The van der Waals surface area contributed by atoms with E-state index in [1.54, 1.807) is 0 Å². The van der Waals surface area contributed by atoms with Crippen molar-refractivity contribution in [3.8, 4) is 0 Å². The Labute approximate surface area is 93.8 Å². The number of hydrogen-bond acceptors (Lipinski definition) is 3. The van der Waals surface area contributed by atoms with Gasteiger partial charge in [0.25, 0.3) is 0 Å². The van der Waals surface area contributed by atoms with Gasteiger partial charge in [0, 0.05) is 6.42 Å². The van der Waals surface area contributed by atoms with Crippen LogP contribution in [0.25, 0.3) is 0 Å². The molecular formula is C12H25NO2. The Morgan fingerprint density at radius 3 is 2.40 bits per heavy atom. The second kappa shape index (κ2) is 8.72. The summed E-state index contributed by atoms with van der Waals surface area (Å²) in [7, 11) is 3.55. The van der Waals surface area contributed by atoms with E-state index in [9.17, 15) is 4.79 Å². The molecule has 0 aliphatic heterocycles. The van der Waals surface area contributed by atoms with Gasteiger partial charge in [-0.3, -0.25) is 4.79 Å². The topological polar surface area (TPSA) is 29.5 Å². The minimum atomic E-state index is -0.106. The minimum absolute atomic E-state index is 0.106. The van der Waals surface area contributed by atoms with Gasteiger partial charge in [-0.2, -0.15) is 0 Å². The summed E-state index contributed by atoms with van der Waals surface area (Å²) in [6, 6.07) is 0. The molecule has 3 nitrogen and oxygen atoms in total. The Bertz CT molecular complexity index is 169. The summed E-state index contributed by atoms with van der Waals surface area (Å²) in [6.07, 6.45) is 3.95. The fraction of sp³-hybridized carbons (Fsp3) is 0.917. The number of esters is 1. The molecule has 0 aliphatic carbocycles. The van der Waals surface area contributed by atoms with Crippen molar-refractivity contribution in [2.45, 2.75) is 39.5 Å². The lowest BCUT2D eigenvalue weighted by molar-refractivity contribution is -0.140. The van der Waals surface area contributed by atoms with E-state index in [2.05, 4.69) is 30.5 Å². The average molecular weight is 215 g/mol. The molecule has 0 unspecified atom stereocenters. The molecule has 0 heterocycles. The van der Waals surface area contributed by atoms with Crippen molar-refractivity contribution in [1.82, 2.24) is 4.90 Å². The highest BCUT2D eigenvalue weighted by atomic mass is 16.5. The molecule has 0 aromatic heterocycles. The molecule has 0 aromatic rings. The highest BCUT2D eigenvalue weighted by molar-refractivity contribution is 5.69. The lowest BCUT2D eigenvalue weighted by atomic mass is 10.1. The standard InChI is InChI=1S/C12H25NO2/c1-11(2)7-5-9-13(3)10-6-8-12(14)15-4/h11H,5-10H2,1-4H3. The summed E-state index contributed by atoms with van der Waals surface area (Å²) in [6.45, 7) is 6.60. The lowest BCUT2D eigenvalue weighted by Gasteiger charge is -2.16. The first-order valence-electron chi connectivity index (χ1n) is 5.81. The van der Waals surface area contributed by atoms with Crippen LogP contribution in [0.5, 0.6) is 0 Å². The van der Waals surface area contributed by atoms with Crippen LogP contribution in [0.3, 0.4) is 0 Å². The molecule has 15 heavy (non-hydrogen) atoms. The molecule has 0 N–H and O–H groups in total. The van der Waals surface area contributed by atoms with Gasteiger partial charge in [-0.1, -0.05) is 13.8 Å². The molecule has 0 radical (unpaired) electrons. The predicted octanol–water partition coefficient (Wildman–Crippen LogP) is 2.31.